The van der Waals surface area contributed by atoms with Gasteiger partial charge in [-0.1, -0.05) is 42.5 Å². The van der Waals surface area contributed by atoms with E-state index in [1.807, 2.05) is 0 Å². The molecule has 0 fully saturated rings. The number of ether oxygens (including phenoxy) is 2. The molecule has 0 aliphatic rings. The minimum Gasteiger partial charge on any atom is -0.466 e. The summed E-state index contributed by atoms with van der Waals surface area (Å²) >= 11 is 0. The van der Waals surface area contributed by atoms with Crippen molar-refractivity contribution >= 4 is 23.5 Å². The van der Waals surface area contributed by atoms with E-state index in [4.69, 9.17) is 15.2 Å². The number of hydrogen-bond acceptors (Lipinski definition) is 7. The van der Waals surface area contributed by atoms with Gasteiger partial charge in [-0.15, -0.1) is 0 Å². The van der Waals surface area contributed by atoms with Gasteiger partial charge in [-0.2, -0.15) is 0 Å². The zero-order valence-electron chi connectivity index (χ0n) is 17.7. The molecule has 2 aromatic carbocycles. The van der Waals surface area contributed by atoms with Gasteiger partial charge in [0.2, 0.25) is 5.91 Å². The van der Waals surface area contributed by atoms with Gasteiger partial charge < -0.3 is 20.5 Å². The van der Waals surface area contributed by atoms with Gasteiger partial charge in [0.1, 0.15) is 6.04 Å². The number of rotatable bonds is 11. The first-order chi connectivity index (χ1) is 15.3. The van der Waals surface area contributed by atoms with Crippen LogP contribution in [0.4, 0.5) is 5.69 Å². The number of esters is 1. The Morgan fingerprint density at radius 2 is 1.69 bits per heavy atom. The van der Waals surface area contributed by atoms with E-state index in [-0.39, 0.29) is 18.7 Å². The summed E-state index contributed by atoms with van der Waals surface area (Å²) in [6.07, 6.45) is -1.29. The molecule has 0 unspecified atom stereocenters. The highest BCUT2D eigenvalue weighted by atomic mass is 16.6. The molecule has 2 aromatic rings. The molecular formula is C22H25N3O7. The molecule has 0 saturated carbocycles. The predicted molar refractivity (Wildman–Crippen MR) is 114 cm³/mol. The molecule has 10 heteroatoms. The van der Waals surface area contributed by atoms with Crippen LogP contribution in [0.25, 0.3) is 0 Å². The van der Waals surface area contributed by atoms with Crippen LogP contribution in [0.5, 0.6) is 0 Å². The van der Waals surface area contributed by atoms with E-state index in [2.05, 4.69) is 5.32 Å². The number of benzene rings is 2. The highest BCUT2D eigenvalue weighted by molar-refractivity contribution is 5.90. The number of nitrogens with one attached hydrogen (secondary N) is 1. The minimum absolute atomic E-state index is 0.124. The maximum Gasteiger partial charge on any atom is 0.306 e. The molecule has 0 radical (unpaired) electrons. The Morgan fingerprint density at radius 1 is 1.06 bits per heavy atom. The van der Waals surface area contributed by atoms with Gasteiger partial charge in [0.05, 0.1) is 18.0 Å². The van der Waals surface area contributed by atoms with Gasteiger partial charge in [-0.05, 0) is 18.1 Å². The van der Waals surface area contributed by atoms with Crippen molar-refractivity contribution in [1.29, 1.82) is 0 Å². The number of hydrogen-bond donors (Lipinski definition) is 2. The molecule has 0 aliphatic carbocycles. The van der Waals surface area contributed by atoms with Gasteiger partial charge in [0, 0.05) is 25.2 Å². The van der Waals surface area contributed by atoms with Crippen molar-refractivity contribution in [3.8, 4) is 0 Å². The van der Waals surface area contributed by atoms with Crippen molar-refractivity contribution in [2.45, 2.75) is 31.4 Å². The summed E-state index contributed by atoms with van der Waals surface area (Å²) in [4.78, 5) is 47.8. The molecule has 0 aromatic heterocycles. The Kier molecular flexibility index (Phi) is 8.84. The van der Waals surface area contributed by atoms with Crippen LogP contribution in [-0.4, -0.2) is 42.5 Å². The van der Waals surface area contributed by atoms with Gasteiger partial charge in [0.25, 0.3) is 11.6 Å². The average Bonchev–Trinajstić information content (AvgIpc) is 2.77. The number of nitrogens with zero attached hydrogens (tertiary/aromatic N) is 1. The quantitative estimate of drug-likeness (QED) is 0.306. The summed E-state index contributed by atoms with van der Waals surface area (Å²) in [6, 6.07) is 12.7. The average molecular weight is 443 g/mol. The van der Waals surface area contributed by atoms with Crippen LogP contribution in [-0.2, 0) is 23.9 Å². The van der Waals surface area contributed by atoms with E-state index < -0.39 is 40.8 Å². The SMILES string of the molecule is CCOC(=O)C[C@H](c1ccc([N+](=O)[O-])cc1)[C@H](NC(=O)[C@@H](OC)c1ccccc1)C(N)=O. The first-order valence-electron chi connectivity index (χ1n) is 9.85. The van der Waals surface area contributed by atoms with Crippen molar-refractivity contribution in [2.24, 2.45) is 5.73 Å². The number of methoxy groups -OCH3 is 1. The Bertz CT molecular complexity index is 948. The highest BCUT2D eigenvalue weighted by Crippen LogP contribution is 2.27. The van der Waals surface area contributed by atoms with Gasteiger partial charge in [-0.25, -0.2) is 0 Å². The number of nitro groups is 1. The first-order valence-corrected chi connectivity index (χ1v) is 9.85. The fraction of sp³-hybridized carbons (Fsp3) is 0.318. The molecule has 0 aliphatic heterocycles. The molecule has 0 spiro atoms. The zero-order chi connectivity index (χ0) is 23.7. The molecule has 10 nitrogen and oxygen atoms in total. The van der Waals surface area contributed by atoms with Crippen LogP contribution in [0.15, 0.2) is 54.6 Å². The molecule has 2 amide bonds. The fourth-order valence-corrected chi connectivity index (χ4v) is 3.29. The number of nitro benzene ring substituents is 1. The lowest BCUT2D eigenvalue weighted by molar-refractivity contribution is -0.384. The number of carbonyl (C=O) groups excluding carboxylic acids is 3. The molecular weight excluding hydrogens is 418 g/mol. The largest absolute Gasteiger partial charge is 0.466 e. The van der Waals surface area contributed by atoms with E-state index in [1.165, 1.54) is 31.4 Å². The second-order valence-corrected chi connectivity index (χ2v) is 6.88. The lowest BCUT2D eigenvalue weighted by atomic mass is 9.87. The third-order valence-electron chi connectivity index (χ3n) is 4.81. The van der Waals surface area contributed by atoms with Gasteiger partial charge in [0.15, 0.2) is 6.10 Å². The summed E-state index contributed by atoms with van der Waals surface area (Å²) in [5, 5.41) is 13.5. The fourth-order valence-electron chi connectivity index (χ4n) is 3.29. The zero-order valence-corrected chi connectivity index (χ0v) is 17.7. The van der Waals surface area contributed by atoms with Crippen molar-refractivity contribution < 1.29 is 28.8 Å². The molecule has 0 saturated heterocycles. The summed E-state index contributed by atoms with van der Waals surface area (Å²) in [5.41, 5.74) is 6.38. The normalized spacial score (nSPS) is 13.4. The second kappa shape index (κ2) is 11.6. The Labute approximate surface area is 184 Å². The summed E-state index contributed by atoms with van der Waals surface area (Å²) in [5.74, 6) is -3.03. The minimum atomic E-state index is -1.30. The lowest BCUT2D eigenvalue weighted by Crippen LogP contribution is -2.50. The second-order valence-electron chi connectivity index (χ2n) is 6.88. The lowest BCUT2D eigenvalue weighted by Gasteiger charge is -2.27. The summed E-state index contributed by atoms with van der Waals surface area (Å²) in [6.45, 7) is 1.76. The van der Waals surface area contributed by atoms with E-state index in [0.717, 1.165) is 0 Å². The number of primary amides is 1. The Balaban J connectivity index is 2.37. The van der Waals surface area contributed by atoms with E-state index in [9.17, 15) is 24.5 Å². The molecule has 170 valence electrons. The maximum absolute atomic E-state index is 12.9. The van der Waals surface area contributed by atoms with Gasteiger partial charge >= 0.3 is 5.97 Å². The van der Waals surface area contributed by atoms with Crippen LogP contribution in [0.2, 0.25) is 0 Å². The molecule has 3 N–H and O–H groups in total. The van der Waals surface area contributed by atoms with Crippen LogP contribution in [0.3, 0.4) is 0 Å². The molecule has 3 atom stereocenters. The van der Waals surface area contributed by atoms with Crippen molar-refractivity contribution in [3.05, 3.63) is 75.8 Å². The number of amides is 2. The predicted octanol–water partition coefficient (Wildman–Crippen LogP) is 1.99. The van der Waals surface area contributed by atoms with Crippen LogP contribution >= 0.6 is 0 Å². The van der Waals surface area contributed by atoms with Crippen molar-refractivity contribution in [3.63, 3.8) is 0 Å². The Hall–Kier alpha value is -3.79. The van der Waals surface area contributed by atoms with Crippen LogP contribution < -0.4 is 11.1 Å². The van der Waals surface area contributed by atoms with Crippen LogP contribution in [0.1, 0.15) is 36.5 Å². The third-order valence-corrected chi connectivity index (χ3v) is 4.81. The first kappa shape index (κ1) is 24.5. The van der Waals surface area contributed by atoms with Crippen molar-refractivity contribution in [1.82, 2.24) is 5.32 Å². The highest BCUT2D eigenvalue weighted by Gasteiger charge is 2.34. The molecule has 2 rings (SSSR count). The summed E-state index contributed by atoms with van der Waals surface area (Å²) in [7, 11) is 1.35. The number of non-ortho nitro benzene ring substituents is 1. The van der Waals surface area contributed by atoms with Crippen LogP contribution in [0, 0.1) is 10.1 Å². The van der Waals surface area contributed by atoms with Gasteiger partial charge in [-0.3, -0.25) is 24.5 Å². The Morgan fingerprint density at radius 3 is 2.19 bits per heavy atom. The monoisotopic (exact) mass is 443 g/mol. The van der Waals surface area contributed by atoms with Crippen molar-refractivity contribution in [2.75, 3.05) is 13.7 Å². The van der Waals surface area contributed by atoms with E-state index >= 15 is 0 Å². The maximum atomic E-state index is 12.9. The number of carbonyl (C=O) groups is 3. The summed E-state index contributed by atoms with van der Waals surface area (Å²) < 4.78 is 10.3. The van der Waals surface area contributed by atoms with E-state index in [0.29, 0.717) is 11.1 Å². The molecule has 0 heterocycles. The third kappa shape index (κ3) is 6.35. The standard InChI is InChI=1S/C22H25N3O7/c1-3-32-18(26)13-17(14-9-11-16(12-10-14)25(29)30)19(21(23)27)24-22(28)20(31-2)15-7-5-4-6-8-15/h4-12,17,19-20H,3,13H2,1-2H3,(H2,23,27)(H,24,28)/t17-,19+,20+/m1/s1. The smallest absolute Gasteiger partial charge is 0.306 e. The molecule has 0 bridgehead atoms. The van der Waals surface area contributed by atoms with E-state index in [1.54, 1.807) is 37.3 Å². The molecule has 32 heavy (non-hydrogen) atoms. The topological polar surface area (TPSA) is 151 Å². The number of nitrogens with two attached hydrogens (primary N) is 1.